The number of hydrogen-bond acceptors (Lipinski definition) is 3. The normalized spacial score (nSPS) is 40.7. The largest absolute Gasteiger partial charge is 0.329 e. The Morgan fingerprint density at radius 2 is 1.57 bits per heavy atom. The van der Waals surface area contributed by atoms with Crippen LogP contribution < -0.4 is 5.73 Å². The second-order valence-corrected chi connectivity index (χ2v) is 8.30. The van der Waals surface area contributed by atoms with Gasteiger partial charge in [-0.2, -0.15) is 0 Å². The van der Waals surface area contributed by atoms with Crippen molar-refractivity contribution in [3.63, 3.8) is 0 Å². The van der Waals surface area contributed by atoms with E-state index in [4.69, 9.17) is 5.73 Å². The molecule has 0 aromatic carbocycles. The lowest BCUT2D eigenvalue weighted by Gasteiger charge is -2.52. The minimum atomic E-state index is 0.326. The number of piperidine rings is 1. The Balaban J connectivity index is 1.47. The molecule has 4 rings (SSSR count). The average Bonchev–Trinajstić information content (AvgIpc) is 3.12. The van der Waals surface area contributed by atoms with Crippen LogP contribution in [0.5, 0.6) is 0 Å². The Kier molecular flexibility index (Phi) is 3.79. The Bertz CT molecular complexity index is 367. The zero-order valence-corrected chi connectivity index (χ0v) is 13.7. The average molecular weight is 291 g/mol. The second-order valence-electron chi connectivity index (χ2n) is 8.30. The molecule has 3 heterocycles. The second kappa shape index (κ2) is 5.50. The molecule has 3 saturated heterocycles. The van der Waals surface area contributed by atoms with Crippen LogP contribution >= 0.6 is 0 Å². The molecule has 4 aliphatic rings. The van der Waals surface area contributed by atoms with Gasteiger partial charge in [0, 0.05) is 24.7 Å². The highest BCUT2D eigenvalue weighted by Gasteiger charge is 2.53. The summed E-state index contributed by atoms with van der Waals surface area (Å²) >= 11 is 0. The summed E-state index contributed by atoms with van der Waals surface area (Å²) in [6, 6.07) is 0.767. The van der Waals surface area contributed by atoms with Gasteiger partial charge in [-0.05, 0) is 70.0 Å². The Morgan fingerprint density at radius 3 is 2.29 bits per heavy atom. The SMILES string of the molecule is NCC1(N2CCC3(CCCCC3)CC2)CCN2CCCC21. The topological polar surface area (TPSA) is 32.5 Å². The molecule has 1 spiro atoms. The van der Waals surface area contributed by atoms with Crippen LogP contribution in [-0.4, -0.2) is 54.1 Å². The third-order valence-electron chi connectivity index (χ3n) is 7.54. The highest BCUT2D eigenvalue weighted by molar-refractivity contribution is 5.11. The molecule has 0 radical (unpaired) electrons. The molecular weight excluding hydrogens is 258 g/mol. The summed E-state index contributed by atoms with van der Waals surface area (Å²) in [6.45, 7) is 6.14. The maximum absolute atomic E-state index is 6.36. The van der Waals surface area contributed by atoms with Crippen molar-refractivity contribution in [2.75, 3.05) is 32.7 Å². The summed E-state index contributed by atoms with van der Waals surface area (Å²) < 4.78 is 0. The van der Waals surface area contributed by atoms with E-state index in [0.717, 1.165) is 18.0 Å². The molecule has 3 nitrogen and oxygen atoms in total. The number of rotatable bonds is 2. The van der Waals surface area contributed by atoms with Gasteiger partial charge in [0.1, 0.15) is 0 Å². The van der Waals surface area contributed by atoms with Gasteiger partial charge in [0.25, 0.3) is 0 Å². The summed E-state index contributed by atoms with van der Waals surface area (Å²) in [5.41, 5.74) is 7.40. The van der Waals surface area contributed by atoms with Gasteiger partial charge < -0.3 is 5.73 Å². The maximum atomic E-state index is 6.36. The van der Waals surface area contributed by atoms with Gasteiger partial charge >= 0.3 is 0 Å². The van der Waals surface area contributed by atoms with Crippen LogP contribution in [0.4, 0.5) is 0 Å². The molecule has 0 amide bonds. The lowest BCUT2D eigenvalue weighted by Crippen LogP contribution is -2.62. The minimum Gasteiger partial charge on any atom is -0.329 e. The van der Waals surface area contributed by atoms with Crippen molar-refractivity contribution in [1.29, 1.82) is 0 Å². The van der Waals surface area contributed by atoms with Crippen LogP contribution in [-0.2, 0) is 0 Å². The zero-order chi connectivity index (χ0) is 14.3. The molecule has 3 aliphatic heterocycles. The first kappa shape index (κ1) is 14.5. The number of nitrogens with zero attached hydrogens (tertiary/aromatic N) is 2. The van der Waals surface area contributed by atoms with Crippen molar-refractivity contribution in [2.45, 2.75) is 75.8 Å². The molecule has 0 aromatic heterocycles. The summed E-state index contributed by atoms with van der Waals surface area (Å²) in [4.78, 5) is 5.57. The number of hydrogen-bond donors (Lipinski definition) is 1. The molecule has 120 valence electrons. The molecule has 3 heteroatoms. The van der Waals surface area contributed by atoms with Gasteiger partial charge in [-0.1, -0.05) is 19.3 Å². The summed E-state index contributed by atoms with van der Waals surface area (Å²) in [5.74, 6) is 0. The van der Waals surface area contributed by atoms with Crippen LogP contribution in [0.2, 0.25) is 0 Å². The number of fused-ring (bicyclic) bond motifs is 1. The van der Waals surface area contributed by atoms with E-state index < -0.39 is 0 Å². The molecule has 1 saturated carbocycles. The Labute approximate surface area is 130 Å². The fraction of sp³-hybridized carbons (Fsp3) is 1.00. The van der Waals surface area contributed by atoms with E-state index in [9.17, 15) is 0 Å². The number of nitrogens with two attached hydrogens (primary N) is 1. The van der Waals surface area contributed by atoms with Gasteiger partial charge in [0.2, 0.25) is 0 Å². The lowest BCUT2D eigenvalue weighted by molar-refractivity contribution is -0.00803. The van der Waals surface area contributed by atoms with Crippen molar-refractivity contribution < 1.29 is 0 Å². The lowest BCUT2D eigenvalue weighted by atomic mass is 9.67. The van der Waals surface area contributed by atoms with Crippen molar-refractivity contribution in [2.24, 2.45) is 11.1 Å². The first-order chi connectivity index (χ1) is 10.3. The van der Waals surface area contributed by atoms with Crippen molar-refractivity contribution in [3.05, 3.63) is 0 Å². The molecule has 1 aliphatic carbocycles. The smallest absolute Gasteiger partial charge is 0.0498 e. The van der Waals surface area contributed by atoms with Gasteiger partial charge in [0.05, 0.1) is 0 Å². The fourth-order valence-electron chi connectivity index (χ4n) is 6.17. The van der Waals surface area contributed by atoms with E-state index >= 15 is 0 Å². The molecule has 4 fully saturated rings. The Hall–Kier alpha value is -0.120. The molecule has 0 aromatic rings. The molecule has 2 N–H and O–H groups in total. The third kappa shape index (κ3) is 2.27. The maximum Gasteiger partial charge on any atom is 0.0498 e. The van der Waals surface area contributed by atoms with E-state index in [-0.39, 0.29) is 0 Å². The molecule has 2 atom stereocenters. The van der Waals surface area contributed by atoms with Crippen molar-refractivity contribution in [3.8, 4) is 0 Å². The van der Waals surface area contributed by atoms with Gasteiger partial charge in [-0.3, -0.25) is 9.80 Å². The van der Waals surface area contributed by atoms with Crippen molar-refractivity contribution in [1.82, 2.24) is 9.80 Å². The fourth-order valence-corrected chi connectivity index (χ4v) is 6.17. The monoisotopic (exact) mass is 291 g/mol. The summed E-state index contributed by atoms with van der Waals surface area (Å²) in [6.07, 6.45) is 14.5. The van der Waals surface area contributed by atoms with Gasteiger partial charge in [-0.15, -0.1) is 0 Å². The van der Waals surface area contributed by atoms with Crippen LogP contribution in [0.15, 0.2) is 0 Å². The van der Waals surface area contributed by atoms with Gasteiger partial charge in [0.15, 0.2) is 0 Å². The minimum absolute atomic E-state index is 0.326. The Morgan fingerprint density at radius 1 is 0.810 bits per heavy atom. The molecular formula is C18H33N3. The van der Waals surface area contributed by atoms with E-state index in [1.54, 1.807) is 0 Å². The first-order valence-corrected chi connectivity index (χ1v) is 9.47. The molecule has 2 unspecified atom stereocenters. The predicted octanol–water partition coefficient (Wildman–Crippen LogP) is 2.60. The zero-order valence-electron chi connectivity index (χ0n) is 13.7. The van der Waals surface area contributed by atoms with Crippen LogP contribution in [0.1, 0.15) is 64.2 Å². The highest BCUT2D eigenvalue weighted by atomic mass is 15.3. The van der Waals surface area contributed by atoms with E-state index in [0.29, 0.717) is 5.54 Å². The third-order valence-corrected chi connectivity index (χ3v) is 7.54. The highest BCUT2D eigenvalue weighted by Crippen LogP contribution is 2.48. The molecule has 21 heavy (non-hydrogen) atoms. The van der Waals surface area contributed by atoms with Crippen LogP contribution in [0.3, 0.4) is 0 Å². The number of likely N-dealkylation sites (tertiary alicyclic amines) is 1. The van der Waals surface area contributed by atoms with Crippen LogP contribution in [0.25, 0.3) is 0 Å². The van der Waals surface area contributed by atoms with Gasteiger partial charge in [-0.25, -0.2) is 0 Å². The summed E-state index contributed by atoms with van der Waals surface area (Å²) in [5, 5.41) is 0. The van der Waals surface area contributed by atoms with Crippen LogP contribution in [0, 0.1) is 5.41 Å². The quantitative estimate of drug-likeness (QED) is 0.849. The van der Waals surface area contributed by atoms with Crippen molar-refractivity contribution >= 4 is 0 Å². The molecule has 0 bridgehead atoms. The first-order valence-electron chi connectivity index (χ1n) is 9.47. The standard InChI is InChI=1S/C18H33N3/c19-15-18(10-12-20-11-4-5-16(18)20)21-13-8-17(9-14-21)6-2-1-3-7-17/h16H,1-15,19H2. The van der Waals surface area contributed by atoms with E-state index in [1.165, 1.54) is 90.4 Å². The predicted molar refractivity (Wildman–Crippen MR) is 87.3 cm³/mol. The van der Waals surface area contributed by atoms with E-state index in [1.807, 2.05) is 0 Å². The van der Waals surface area contributed by atoms with E-state index in [2.05, 4.69) is 9.80 Å². The summed E-state index contributed by atoms with van der Waals surface area (Å²) in [7, 11) is 0.